The lowest BCUT2D eigenvalue weighted by Crippen LogP contribution is -2.26. The van der Waals surface area contributed by atoms with Crippen molar-refractivity contribution in [3.63, 3.8) is 0 Å². The van der Waals surface area contributed by atoms with E-state index in [1.807, 2.05) is 14.1 Å². The maximum atomic E-state index is 11.8. The number of carbonyl (C=O) groups excluding carboxylic acids is 1. The summed E-state index contributed by atoms with van der Waals surface area (Å²) < 4.78 is 0. The first kappa shape index (κ1) is 14.7. The van der Waals surface area contributed by atoms with Crippen LogP contribution in [0.3, 0.4) is 0 Å². The molecule has 1 aromatic heterocycles. The zero-order valence-electron chi connectivity index (χ0n) is 10.7. The highest BCUT2D eigenvalue weighted by Crippen LogP contribution is 2.13. The van der Waals surface area contributed by atoms with Gasteiger partial charge >= 0.3 is 0 Å². The molecule has 2 N–H and O–H groups in total. The van der Waals surface area contributed by atoms with Gasteiger partial charge in [0.2, 0.25) is 0 Å². The van der Waals surface area contributed by atoms with Crippen LogP contribution in [-0.4, -0.2) is 49.7 Å². The Labute approximate surface area is 112 Å². The summed E-state index contributed by atoms with van der Waals surface area (Å²) in [6.45, 7) is 1.46. The standard InChI is InChI=1S/C13H18N2O2S/c1-15(2)7-4-6-14-13(17)11-9-12(18-10-11)5-3-8-16/h9-10,16H,4,6-8H2,1-2H3,(H,14,17). The first-order valence-electron chi connectivity index (χ1n) is 5.74. The largest absolute Gasteiger partial charge is 0.384 e. The van der Waals surface area contributed by atoms with Crippen molar-refractivity contribution >= 4 is 17.2 Å². The number of nitrogens with zero attached hydrogens (tertiary/aromatic N) is 1. The number of nitrogens with one attached hydrogen (secondary N) is 1. The van der Waals surface area contributed by atoms with E-state index in [0.29, 0.717) is 12.1 Å². The summed E-state index contributed by atoms with van der Waals surface area (Å²) >= 11 is 1.41. The van der Waals surface area contributed by atoms with Gasteiger partial charge in [-0.2, -0.15) is 0 Å². The molecule has 98 valence electrons. The van der Waals surface area contributed by atoms with Crippen LogP contribution in [0.5, 0.6) is 0 Å². The Morgan fingerprint density at radius 2 is 2.33 bits per heavy atom. The Kier molecular flexibility index (Phi) is 6.44. The number of aliphatic hydroxyl groups is 1. The minimum atomic E-state index is -0.163. The number of carbonyl (C=O) groups is 1. The van der Waals surface area contributed by atoms with Crippen LogP contribution in [0.4, 0.5) is 0 Å². The number of hydrogen-bond acceptors (Lipinski definition) is 4. The van der Waals surface area contributed by atoms with Gasteiger partial charge in [0.1, 0.15) is 6.61 Å². The van der Waals surface area contributed by atoms with E-state index < -0.39 is 0 Å². The van der Waals surface area contributed by atoms with Gasteiger partial charge in [-0.3, -0.25) is 4.79 Å². The second kappa shape index (κ2) is 7.88. The highest BCUT2D eigenvalue weighted by atomic mass is 32.1. The van der Waals surface area contributed by atoms with Crippen LogP contribution in [0.1, 0.15) is 21.7 Å². The van der Waals surface area contributed by atoms with E-state index in [4.69, 9.17) is 5.11 Å². The van der Waals surface area contributed by atoms with Crippen molar-refractivity contribution in [1.29, 1.82) is 0 Å². The van der Waals surface area contributed by atoms with Crippen molar-refractivity contribution in [3.05, 3.63) is 21.9 Å². The predicted octanol–water partition coefficient (Wildman–Crippen LogP) is 0.773. The van der Waals surface area contributed by atoms with Crippen LogP contribution in [0.2, 0.25) is 0 Å². The van der Waals surface area contributed by atoms with E-state index >= 15 is 0 Å². The van der Waals surface area contributed by atoms with Crippen LogP contribution in [-0.2, 0) is 0 Å². The van der Waals surface area contributed by atoms with E-state index in [9.17, 15) is 4.79 Å². The minimum absolute atomic E-state index is 0.0675. The summed E-state index contributed by atoms with van der Waals surface area (Å²) in [5, 5.41) is 13.2. The molecule has 1 amide bonds. The molecule has 0 aromatic carbocycles. The van der Waals surface area contributed by atoms with E-state index in [2.05, 4.69) is 22.1 Å². The quantitative estimate of drug-likeness (QED) is 0.611. The number of rotatable bonds is 5. The summed E-state index contributed by atoms with van der Waals surface area (Å²) in [4.78, 5) is 14.6. The van der Waals surface area contributed by atoms with Crippen LogP contribution in [0.15, 0.2) is 11.4 Å². The van der Waals surface area contributed by atoms with E-state index in [0.717, 1.165) is 17.8 Å². The fourth-order valence-corrected chi connectivity index (χ4v) is 2.10. The zero-order valence-corrected chi connectivity index (χ0v) is 11.5. The van der Waals surface area contributed by atoms with Gasteiger partial charge in [-0.1, -0.05) is 11.8 Å². The van der Waals surface area contributed by atoms with Gasteiger partial charge < -0.3 is 15.3 Å². The number of aliphatic hydroxyl groups excluding tert-OH is 1. The highest BCUT2D eigenvalue weighted by Gasteiger charge is 2.06. The maximum Gasteiger partial charge on any atom is 0.252 e. The summed E-state index contributed by atoms with van der Waals surface area (Å²) in [5.41, 5.74) is 0.632. The molecular formula is C13H18N2O2S. The van der Waals surface area contributed by atoms with Gasteiger partial charge in [-0.15, -0.1) is 11.3 Å². The molecule has 0 aliphatic rings. The molecule has 1 rings (SSSR count). The smallest absolute Gasteiger partial charge is 0.252 e. The van der Waals surface area contributed by atoms with Crippen LogP contribution < -0.4 is 5.32 Å². The first-order chi connectivity index (χ1) is 8.63. The lowest BCUT2D eigenvalue weighted by atomic mass is 10.3. The molecular weight excluding hydrogens is 248 g/mol. The third-order valence-corrected chi connectivity index (χ3v) is 3.07. The van der Waals surface area contributed by atoms with Gasteiger partial charge in [-0.25, -0.2) is 0 Å². The topological polar surface area (TPSA) is 52.6 Å². The van der Waals surface area contributed by atoms with Gasteiger partial charge in [0.05, 0.1) is 10.4 Å². The van der Waals surface area contributed by atoms with Gasteiger partial charge in [0.25, 0.3) is 5.91 Å². The van der Waals surface area contributed by atoms with E-state index in [1.54, 1.807) is 11.4 Å². The molecule has 5 heteroatoms. The third-order valence-electron chi connectivity index (χ3n) is 2.22. The first-order valence-corrected chi connectivity index (χ1v) is 6.62. The molecule has 0 saturated heterocycles. The molecule has 0 radical (unpaired) electrons. The Hall–Kier alpha value is -1.35. The molecule has 0 spiro atoms. The van der Waals surface area contributed by atoms with Crippen molar-refractivity contribution in [1.82, 2.24) is 10.2 Å². The molecule has 0 saturated carbocycles. The second-order valence-corrected chi connectivity index (χ2v) is 4.98. The molecule has 0 aliphatic heterocycles. The van der Waals surface area contributed by atoms with Crippen LogP contribution in [0.25, 0.3) is 0 Å². The SMILES string of the molecule is CN(C)CCCNC(=O)c1csc(C#CCO)c1. The number of thiophene rings is 1. The normalized spacial score (nSPS) is 10.0. The van der Waals surface area contributed by atoms with Crippen LogP contribution in [0, 0.1) is 11.8 Å². The van der Waals surface area contributed by atoms with Crippen molar-refractivity contribution in [3.8, 4) is 11.8 Å². The minimum Gasteiger partial charge on any atom is -0.384 e. The fraction of sp³-hybridized carbons (Fsp3) is 0.462. The molecule has 4 nitrogen and oxygen atoms in total. The van der Waals surface area contributed by atoms with Crippen molar-refractivity contribution in [2.45, 2.75) is 6.42 Å². The lowest BCUT2D eigenvalue weighted by molar-refractivity contribution is 0.0953. The maximum absolute atomic E-state index is 11.8. The lowest BCUT2D eigenvalue weighted by Gasteiger charge is -2.09. The Morgan fingerprint density at radius 3 is 3.00 bits per heavy atom. The average Bonchev–Trinajstić information content (AvgIpc) is 2.80. The van der Waals surface area contributed by atoms with Gasteiger partial charge in [-0.05, 0) is 33.1 Å². The van der Waals surface area contributed by atoms with E-state index in [-0.39, 0.29) is 12.5 Å². The fourth-order valence-electron chi connectivity index (χ4n) is 1.35. The molecule has 0 fully saturated rings. The summed E-state index contributed by atoms with van der Waals surface area (Å²) in [6.07, 6.45) is 0.931. The van der Waals surface area contributed by atoms with Crippen molar-refractivity contribution < 1.29 is 9.90 Å². The van der Waals surface area contributed by atoms with Crippen molar-refractivity contribution in [2.75, 3.05) is 33.8 Å². The third kappa shape index (κ3) is 5.32. The molecule has 0 unspecified atom stereocenters. The Morgan fingerprint density at radius 1 is 1.56 bits per heavy atom. The van der Waals surface area contributed by atoms with Gasteiger partial charge in [0, 0.05) is 11.9 Å². The van der Waals surface area contributed by atoms with Gasteiger partial charge in [0.15, 0.2) is 0 Å². The van der Waals surface area contributed by atoms with Crippen molar-refractivity contribution in [2.24, 2.45) is 0 Å². The molecule has 0 atom stereocenters. The molecule has 1 heterocycles. The Balaban J connectivity index is 2.40. The van der Waals surface area contributed by atoms with Crippen LogP contribution >= 0.6 is 11.3 Å². The Bertz CT molecular complexity index is 443. The zero-order chi connectivity index (χ0) is 13.4. The molecule has 18 heavy (non-hydrogen) atoms. The average molecular weight is 266 g/mol. The number of amides is 1. The summed E-state index contributed by atoms with van der Waals surface area (Å²) in [7, 11) is 4.01. The monoisotopic (exact) mass is 266 g/mol. The van der Waals surface area contributed by atoms with E-state index in [1.165, 1.54) is 11.3 Å². The summed E-state index contributed by atoms with van der Waals surface area (Å²) in [5.74, 6) is 5.28. The molecule has 1 aromatic rings. The molecule has 0 bridgehead atoms. The second-order valence-electron chi connectivity index (χ2n) is 4.07. The number of hydrogen-bond donors (Lipinski definition) is 2. The highest BCUT2D eigenvalue weighted by molar-refractivity contribution is 7.10. The predicted molar refractivity (Wildman–Crippen MR) is 73.8 cm³/mol. The summed E-state index contributed by atoms with van der Waals surface area (Å²) in [6, 6.07) is 1.74. The molecule has 0 aliphatic carbocycles.